The molecule has 0 saturated carbocycles. The first kappa shape index (κ1) is 16.2. The van der Waals surface area contributed by atoms with Crippen molar-refractivity contribution in [2.45, 2.75) is 6.04 Å². The molecule has 0 aliphatic rings. The molecule has 0 aliphatic heterocycles. The molecular weight excluding hydrogens is 287 g/mol. The van der Waals surface area contributed by atoms with Gasteiger partial charge in [-0.2, -0.15) is 0 Å². The lowest BCUT2D eigenvalue weighted by molar-refractivity contribution is -0.143. The third-order valence-electron chi connectivity index (χ3n) is 2.62. The van der Waals surface area contributed by atoms with Crippen LogP contribution in [0.3, 0.4) is 0 Å². The number of hydrogen-bond acceptors (Lipinski definition) is 4. The van der Waals surface area contributed by atoms with Crippen LogP contribution in [0.25, 0.3) is 0 Å². The summed E-state index contributed by atoms with van der Waals surface area (Å²) in [6.45, 7) is 1.47. The molecule has 19 heavy (non-hydrogen) atoms. The number of halogens is 2. The molecule has 0 aromatic heterocycles. The van der Waals surface area contributed by atoms with Crippen LogP contribution >= 0.6 is 23.2 Å². The van der Waals surface area contributed by atoms with Crippen LogP contribution in [0.4, 0.5) is 0 Å². The van der Waals surface area contributed by atoms with Gasteiger partial charge in [-0.3, -0.25) is 5.32 Å². The Morgan fingerprint density at radius 1 is 1.37 bits per heavy atom. The molecule has 0 spiro atoms. The van der Waals surface area contributed by atoms with Crippen molar-refractivity contribution in [2.24, 2.45) is 0 Å². The van der Waals surface area contributed by atoms with E-state index in [0.29, 0.717) is 16.6 Å². The largest absolute Gasteiger partial charge is 0.468 e. The number of carbonyl (C=O) groups excluding carboxylic acids is 1. The zero-order chi connectivity index (χ0) is 14.4. The third kappa shape index (κ3) is 4.99. The maximum absolute atomic E-state index is 11.8. The van der Waals surface area contributed by atoms with Gasteiger partial charge in [-0.05, 0) is 31.8 Å². The van der Waals surface area contributed by atoms with E-state index in [-0.39, 0.29) is 5.97 Å². The zero-order valence-electron chi connectivity index (χ0n) is 11.2. The molecule has 1 unspecified atom stereocenters. The molecule has 6 heteroatoms. The highest BCUT2D eigenvalue weighted by Crippen LogP contribution is 2.26. The fourth-order valence-electron chi connectivity index (χ4n) is 1.58. The van der Waals surface area contributed by atoms with E-state index in [0.717, 1.165) is 12.1 Å². The number of carbonyl (C=O) groups is 1. The number of rotatable bonds is 6. The van der Waals surface area contributed by atoms with Crippen molar-refractivity contribution in [3.8, 4) is 0 Å². The summed E-state index contributed by atoms with van der Waals surface area (Å²) in [5, 5.41) is 4.03. The molecule has 0 saturated heterocycles. The Labute approximate surface area is 123 Å². The average molecular weight is 305 g/mol. The van der Waals surface area contributed by atoms with Gasteiger partial charge in [0, 0.05) is 13.1 Å². The summed E-state index contributed by atoms with van der Waals surface area (Å²) in [6, 6.07) is 4.56. The van der Waals surface area contributed by atoms with Crippen LogP contribution < -0.4 is 5.32 Å². The topological polar surface area (TPSA) is 41.6 Å². The van der Waals surface area contributed by atoms with Crippen molar-refractivity contribution >= 4 is 29.2 Å². The highest BCUT2D eigenvalue weighted by atomic mass is 35.5. The number of ether oxygens (including phenoxy) is 1. The molecule has 1 atom stereocenters. The third-order valence-corrected chi connectivity index (χ3v) is 3.36. The minimum Gasteiger partial charge on any atom is -0.468 e. The van der Waals surface area contributed by atoms with Gasteiger partial charge >= 0.3 is 5.97 Å². The van der Waals surface area contributed by atoms with Crippen molar-refractivity contribution in [3.05, 3.63) is 33.8 Å². The predicted molar refractivity (Wildman–Crippen MR) is 77.8 cm³/mol. The van der Waals surface area contributed by atoms with Crippen LogP contribution in [0.5, 0.6) is 0 Å². The summed E-state index contributed by atoms with van der Waals surface area (Å²) < 4.78 is 4.80. The smallest absolute Gasteiger partial charge is 0.327 e. The Morgan fingerprint density at radius 3 is 2.58 bits per heavy atom. The van der Waals surface area contributed by atoms with Gasteiger partial charge in [0.25, 0.3) is 0 Å². The lowest BCUT2D eigenvalue weighted by Crippen LogP contribution is -2.34. The average Bonchev–Trinajstić information content (AvgIpc) is 2.37. The fourth-order valence-corrected chi connectivity index (χ4v) is 1.89. The van der Waals surface area contributed by atoms with Gasteiger partial charge in [0.15, 0.2) is 0 Å². The Hall–Kier alpha value is -0.810. The first-order chi connectivity index (χ1) is 8.95. The second-order valence-electron chi connectivity index (χ2n) is 4.39. The minimum atomic E-state index is -0.542. The van der Waals surface area contributed by atoms with Crippen LogP contribution in [-0.2, 0) is 9.53 Å². The first-order valence-corrected chi connectivity index (χ1v) is 6.62. The van der Waals surface area contributed by atoms with Crippen molar-refractivity contribution in [2.75, 3.05) is 34.3 Å². The van der Waals surface area contributed by atoms with Crippen LogP contribution in [0.1, 0.15) is 11.6 Å². The molecule has 0 heterocycles. The van der Waals surface area contributed by atoms with Gasteiger partial charge in [-0.15, -0.1) is 0 Å². The van der Waals surface area contributed by atoms with Crippen LogP contribution in [0, 0.1) is 0 Å². The Bertz CT molecular complexity index is 439. The normalized spacial score (nSPS) is 12.5. The molecular formula is C13H18Cl2N2O2. The highest BCUT2D eigenvalue weighted by Gasteiger charge is 2.21. The molecule has 106 valence electrons. The van der Waals surface area contributed by atoms with Gasteiger partial charge in [-0.1, -0.05) is 29.3 Å². The zero-order valence-corrected chi connectivity index (χ0v) is 12.8. The van der Waals surface area contributed by atoms with Crippen molar-refractivity contribution in [1.82, 2.24) is 10.2 Å². The number of benzene rings is 1. The molecule has 1 aromatic carbocycles. The van der Waals surface area contributed by atoms with Gasteiger partial charge < -0.3 is 9.64 Å². The number of likely N-dealkylation sites (N-methyl/N-ethyl adjacent to an activating group) is 1. The molecule has 0 aliphatic carbocycles. The fraction of sp³-hybridized carbons (Fsp3) is 0.462. The SMILES string of the molecule is COC(=O)C(NCCN(C)C)c1ccc(Cl)c(Cl)c1. The monoisotopic (exact) mass is 304 g/mol. The molecule has 0 bridgehead atoms. The van der Waals surface area contributed by atoms with Gasteiger partial charge in [0.05, 0.1) is 17.2 Å². The van der Waals surface area contributed by atoms with Gasteiger partial charge in [0.2, 0.25) is 0 Å². The van der Waals surface area contributed by atoms with E-state index < -0.39 is 6.04 Å². The van der Waals surface area contributed by atoms with E-state index in [9.17, 15) is 4.79 Å². The summed E-state index contributed by atoms with van der Waals surface area (Å²) in [5.74, 6) is -0.350. The van der Waals surface area contributed by atoms with Gasteiger partial charge in [0.1, 0.15) is 6.04 Å². The predicted octanol–water partition coefficient (Wildman–Crippen LogP) is 2.36. The molecule has 4 nitrogen and oxygen atoms in total. The second kappa shape index (κ2) is 7.70. The van der Waals surface area contributed by atoms with E-state index in [1.807, 2.05) is 19.0 Å². The van der Waals surface area contributed by atoms with E-state index in [2.05, 4.69) is 5.32 Å². The minimum absolute atomic E-state index is 0.350. The number of esters is 1. The summed E-state index contributed by atoms with van der Waals surface area (Å²) in [6.07, 6.45) is 0. The van der Waals surface area contributed by atoms with Crippen LogP contribution in [0.15, 0.2) is 18.2 Å². The van der Waals surface area contributed by atoms with Crippen LogP contribution in [0.2, 0.25) is 10.0 Å². The van der Waals surface area contributed by atoms with Crippen molar-refractivity contribution in [3.63, 3.8) is 0 Å². The standard InChI is InChI=1S/C13H18Cl2N2O2/c1-17(2)7-6-16-12(13(18)19-3)9-4-5-10(14)11(15)8-9/h4-5,8,12,16H,6-7H2,1-3H3. The Kier molecular flexibility index (Phi) is 6.58. The van der Waals surface area contributed by atoms with E-state index in [1.54, 1.807) is 18.2 Å². The lowest BCUT2D eigenvalue weighted by atomic mass is 10.1. The molecule has 1 aromatic rings. The molecule has 1 N–H and O–H groups in total. The summed E-state index contributed by atoms with van der Waals surface area (Å²) in [7, 11) is 5.29. The quantitative estimate of drug-likeness (QED) is 0.819. The maximum Gasteiger partial charge on any atom is 0.327 e. The molecule has 0 amide bonds. The number of methoxy groups -OCH3 is 1. The number of hydrogen-bond donors (Lipinski definition) is 1. The second-order valence-corrected chi connectivity index (χ2v) is 5.20. The lowest BCUT2D eigenvalue weighted by Gasteiger charge is -2.18. The van der Waals surface area contributed by atoms with E-state index in [1.165, 1.54) is 7.11 Å². The Balaban J connectivity index is 2.83. The summed E-state index contributed by atoms with van der Waals surface area (Å²) >= 11 is 11.8. The molecule has 0 fully saturated rings. The van der Waals surface area contributed by atoms with Crippen molar-refractivity contribution < 1.29 is 9.53 Å². The van der Waals surface area contributed by atoms with Crippen LogP contribution in [-0.4, -0.2) is 45.2 Å². The maximum atomic E-state index is 11.8. The van der Waals surface area contributed by atoms with E-state index >= 15 is 0 Å². The summed E-state index contributed by atoms with van der Waals surface area (Å²) in [5.41, 5.74) is 0.736. The summed E-state index contributed by atoms with van der Waals surface area (Å²) in [4.78, 5) is 13.8. The highest BCUT2D eigenvalue weighted by molar-refractivity contribution is 6.42. The van der Waals surface area contributed by atoms with Gasteiger partial charge in [-0.25, -0.2) is 4.79 Å². The molecule has 1 rings (SSSR count). The van der Waals surface area contributed by atoms with E-state index in [4.69, 9.17) is 27.9 Å². The Morgan fingerprint density at radius 2 is 2.05 bits per heavy atom. The molecule has 0 radical (unpaired) electrons. The van der Waals surface area contributed by atoms with Crippen molar-refractivity contribution in [1.29, 1.82) is 0 Å². The number of nitrogens with zero attached hydrogens (tertiary/aromatic N) is 1. The first-order valence-electron chi connectivity index (χ1n) is 5.86. The number of nitrogens with one attached hydrogen (secondary N) is 1.